The first-order chi connectivity index (χ1) is 14.6. The van der Waals surface area contributed by atoms with Crippen molar-refractivity contribution in [2.75, 3.05) is 0 Å². The second-order valence-corrected chi connectivity index (χ2v) is 13.1. The number of allylic oxidation sites excluding steroid dienone is 1. The van der Waals surface area contributed by atoms with E-state index in [0.717, 1.165) is 41.6 Å². The predicted octanol–water partition coefficient (Wildman–Crippen LogP) is 7.02. The van der Waals surface area contributed by atoms with Crippen LogP contribution in [0.15, 0.2) is 11.6 Å². The molecule has 0 aliphatic heterocycles. The fraction of sp³-hybridized carbons (Fsp3) is 0.862. The topological polar surface area (TPSA) is 34.1 Å². The van der Waals surface area contributed by atoms with Crippen LogP contribution in [0.3, 0.4) is 0 Å². The number of carbonyl (C=O) groups excluding carboxylic acids is 2. The smallest absolute Gasteiger partial charge is 0.159 e. The summed E-state index contributed by atoms with van der Waals surface area (Å²) in [7, 11) is 0. The predicted molar refractivity (Wildman–Crippen MR) is 125 cm³/mol. The van der Waals surface area contributed by atoms with Gasteiger partial charge in [-0.1, -0.05) is 47.5 Å². The number of rotatable bonds is 5. The van der Waals surface area contributed by atoms with Crippen LogP contribution < -0.4 is 0 Å². The zero-order valence-corrected chi connectivity index (χ0v) is 20.6. The molecule has 5 aliphatic rings. The molecular formula is C29H44O2. The summed E-state index contributed by atoms with van der Waals surface area (Å²) in [6.45, 7) is 12.4. The summed E-state index contributed by atoms with van der Waals surface area (Å²) < 4.78 is 0. The molecule has 2 nitrogen and oxygen atoms in total. The third kappa shape index (κ3) is 3.41. The molecule has 2 heteroatoms. The van der Waals surface area contributed by atoms with E-state index in [4.69, 9.17) is 0 Å². The van der Waals surface area contributed by atoms with Gasteiger partial charge in [0.25, 0.3) is 0 Å². The molecule has 0 aromatic heterocycles. The van der Waals surface area contributed by atoms with Crippen molar-refractivity contribution in [2.24, 2.45) is 58.2 Å². The molecule has 0 aromatic carbocycles. The number of fused-ring (bicyclic) bond motifs is 5. The van der Waals surface area contributed by atoms with Gasteiger partial charge in [-0.25, -0.2) is 0 Å². The second kappa shape index (κ2) is 7.56. The fourth-order valence-corrected chi connectivity index (χ4v) is 9.45. The molecule has 0 saturated heterocycles. The normalized spacial score (nSPS) is 48.4. The molecule has 172 valence electrons. The molecule has 5 aliphatic carbocycles. The van der Waals surface area contributed by atoms with Gasteiger partial charge in [0.15, 0.2) is 11.6 Å². The molecule has 0 bridgehead atoms. The van der Waals surface area contributed by atoms with E-state index in [2.05, 4.69) is 34.6 Å². The Labute approximate surface area is 190 Å². The molecular weight excluding hydrogens is 380 g/mol. The third-order valence-electron chi connectivity index (χ3n) is 11.5. The van der Waals surface area contributed by atoms with E-state index in [1.165, 1.54) is 44.9 Å². The first kappa shape index (κ1) is 21.9. The van der Waals surface area contributed by atoms with Crippen LogP contribution in [0, 0.1) is 58.2 Å². The van der Waals surface area contributed by atoms with Crippen LogP contribution in [-0.2, 0) is 9.59 Å². The number of hydrogen-bond donors (Lipinski definition) is 0. The molecule has 0 heterocycles. The number of ketones is 2. The van der Waals surface area contributed by atoms with E-state index >= 15 is 0 Å². The van der Waals surface area contributed by atoms with E-state index < -0.39 is 0 Å². The van der Waals surface area contributed by atoms with Gasteiger partial charge in [-0.2, -0.15) is 0 Å². The highest BCUT2D eigenvalue weighted by molar-refractivity contribution is 6.05. The molecule has 4 fully saturated rings. The molecule has 10 unspecified atom stereocenters. The molecule has 0 aromatic rings. The summed E-state index contributed by atoms with van der Waals surface area (Å²) in [5, 5.41) is 0. The number of hydrogen-bond acceptors (Lipinski definition) is 2. The lowest BCUT2D eigenvalue weighted by Gasteiger charge is -2.57. The summed E-state index contributed by atoms with van der Waals surface area (Å²) >= 11 is 0. The largest absolute Gasteiger partial charge is 0.295 e. The quantitative estimate of drug-likeness (QED) is 0.475. The van der Waals surface area contributed by atoms with E-state index in [-0.39, 0.29) is 11.2 Å². The fourth-order valence-electron chi connectivity index (χ4n) is 9.45. The van der Waals surface area contributed by atoms with Crippen molar-refractivity contribution in [3.05, 3.63) is 11.6 Å². The summed E-state index contributed by atoms with van der Waals surface area (Å²) in [5.74, 6) is 6.82. The zero-order chi connectivity index (χ0) is 22.1. The minimum atomic E-state index is -0.0463. The minimum absolute atomic E-state index is 0.0463. The lowest BCUT2D eigenvalue weighted by molar-refractivity contribution is -0.131. The lowest BCUT2D eigenvalue weighted by Crippen LogP contribution is -2.53. The van der Waals surface area contributed by atoms with Crippen molar-refractivity contribution in [1.82, 2.24) is 0 Å². The van der Waals surface area contributed by atoms with Gasteiger partial charge in [0, 0.05) is 18.4 Å². The minimum Gasteiger partial charge on any atom is -0.295 e. The molecule has 0 amide bonds. The first-order valence-electron chi connectivity index (χ1n) is 13.4. The zero-order valence-electron chi connectivity index (χ0n) is 20.6. The maximum atomic E-state index is 13.2. The van der Waals surface area contributed by atoms with Gasteiger partial charge in [0.05, 0.1) is 0 Å². The average molecular weight is 425 g/mol. The Bertz CT molecular complexity index is 795. The summed E-state index contributed by atoms with van der Waals surface area (Å²) in [6.07, 6.45) is 13.5. The first-order valence-corrected chi connectivity index (χ1v) is 13.4. The van der Waals surface area contributed by atoms with Crippen LogP contribution >= 0.6 is 0 Å². The Kier molecular flexibility index (Phi) is 5.34. The number of carbonyl (C=O) groups is 2. The van der Waals surface area contributed by atoms with Gasteiger partial charge in [-0.05, 0) is 103 Å². The average Bonchev–Trinajstić information content (AvgIpc) is 3.34. The molecule has 10 atom stereocenters. The standard InChI is InChI=1S/C29H44O2/c1-17(21-14-19(21)3)6-7-18(2)23-8-9-24-22-16-27(31)26-15-20(30)10-12-29(26,5)25(22)11-13-28(23,24)4/h15,17-19,21-25H,6-14,16H2,1-5H3. The Morgan fingerprint density at radius 2 is 1.71 bits per heavy atom. The maximum absolute atomic E-state index is 13.2. The summed E-state index contributed by atoms with van der Waals surface area (Å²) in [6, 6.07) is 0. The highest BCUT2D eigenvalue weighted by Crippen LogP contribution is 2.67. The van der Waals surface area contributed by atoms with Crippen molar-refractivity contribution in [3.63, 3.8) is 0 Å². The van der Waals surface area contributed by atoms with Crippen LogP contribution in [0.25, 0.3) is 0 Å². The van der Waals surface area contributed by atoms with Gasteiger partial charge >= 0.3 is 0 Å². The summed E-state index contributed by atoms with van der Waals surface area (Å²) in [5.41, 5.74) is 1.26. The van der Waals surface area contributed by atoms with Crippen molar-refractivity contribution in [2.45, 2.75) is 98.8 Å². The maximum Gasteiger partial charge on any atom is 0.159 e. The Hall–Kier alpha value is -0.920. The van der Waals surface area contributed by atoms with Gasteiger partial charge in [-0.15, -0.1) is 0 Å². The van der Waals surface area contributed by atoms with Crippen LogP contribution in [0.1, 0.15) is 98.8 Å². The van der Waals surface area contributed by atoms with Crippen LogP contribution in [-0.4, -0.2) is 11.6 Å². The number of Topliss-reactive ketones (excluding diaryl/α,β-unsaturated/α-hetero) is 1. The highest BCUT2D eigenvalue weighted by atomic mass is 16.1. The lowest BCUT2D eigenvalue weighted by atomic mass is 9.46. The SMILES string of the molecule is CC(CCC(C)C1CCC2C3CC(=O)C4=CC(=O)CCC4(C)C3CCC12C)C1CC1C. The van der Waals surface area contributed by atoms with Gasteiger partial charge in [-0.3, -0.25) is 9.59 Å². The van der Waals surface area contributed by atoms with Crippen molar-refractivity contribution in [3.8, 4) is 0 Å². The van der Waals surface area contributed by atoms with Crippen LogP contribution in [0.4, 0.5) is 0 Å². The van der Waals surface area contributed by atoms with Crippen molar-refractivity contribution in [1.29, 1.82) is 0 Å². The van der Waals surface area contributed by atoms with E-state index in [1.807, 2.05) is 0 Å². The Balaban J connectivity index is 1.31. The van der Waals surface area contributed by atoms with Crippen molar-refractivity contribution >= 4 is 11.6 Å². The monoisotopic (exact) mass is 424 g/mol. The molecule has 4 saturated carbocycles. The van der Waals surface area contributed by atoms with Gasteiger partial charge in [0.1, 0.15) is 0 Å². The molecule has 5 rings (SSSR count). The molecule has 31 heavy (non-hydrogen) atoms. The second-order valence-electron chi connectivity index (χ2n) is 13.1. The molecule has 0 N–H and O–H groups in total. The van der Waals surface area contributed by atoms with E-state index in [1.54, 1.807) is 6.08 Å². The molecule has 0 spiro atoms. The molecule has 0 radical (unpaired) electrons. The van der Waals surface area contributed by atoms with Gasteiger partial charge < -0.3 is 0 Å². The van der Waals surface area contributed by atoms with Gasteiger partial charge in [0.2, 0.25) is 0 Å². The van der Waals surface area contributed by atoms with Crippen LogP contribution in [0.5, 0.6) is 0 Å². The Morgan fingerprint density at radius 1 is 1.00 bits per heavy atom. The van der Waals surface area contributed by atoms with Crippen LogP contribution in [0.2, 0.25) is 0 Å². The van der Waals surface area contributed by atoms with E-state index in [9.17, 15) is 9.59 Å². The third-order valence-corrected chi connectivity index (χ3v) is 11.5. The highest BCUT2D eigenvalue weighted by Gasteiger charge is 2.61. The van der Waals surface area contributed by atoms with Crippen molar-refractivity contribution < 1.29 is 9.59 Å². The Morgan fingerprint density at radius 3 is 2.42 bits per heavy atom. The summed E-state index contributed by atoms with van der Waals surface area (Å²) in [4.78, 5) is 25.3. The van der Waals surface area contributed by atoms with E-state index in [0.29, 0.717) is 41.8 Å².